The number of hydrogen-bond donors (Lipinski definition) is 1. The average Bonchev–Trinajstić information content (AvgIpc) is 2.54. The average molecular weight is 371 g/mol. The zero-order chi connectivity index (χ0) is 18.6. The molecule has 8 heteroatoms. The Balaban J connectivity index is 2.02. The second-order valence-corrected chi connectivity index (χ2v) is 5.60. The highest BCUT2D eigenvalue weighted by molar-refractivity contribution is 6.31. The molecule has 0 radical (unpaired) electrons. The number of rotatable bonds is 5. The Morgan fingerprint density at radius 1 is 1.04 bits per heavy atom. The fraction of sp³-hybridized carbons (Fsp3) is 0.176. The summed E-state index contributed by atoms with van der Waals surface area (Å²) in [7, 11) is 0. The summed E-state index contributed by atoms with van der Waals surface area (Å²) in [4.78, 5) is 25.0. The maximum atomic E-state index is 13.2. The molecule has 0 fully saturated rings. The highest BCUT2D eigenvalue weighted by Crippen LogP contribution is 2.23. The van der Waals surface area contributed by atoms with Gasteiger partial charge < -0.3 is 10.2 Å². The minimum atomic E-state index is -1.08. The largest absolute Gasteiger partial charge is 0.326 e. The van der Waals surface area contributed by atoms with Gasteiger partial charge in [0.1, 0.15) is 5.82 Å². The van der Waals surface area contributed by atoms with Crippen molar-refractivity contribution in [2.75, 3.05) is 16.8 Å². The van der Waals surface area contributed by atoms with Gasteiger partial charge in [-0.15, -0.1) is 0 Å². The summed E-state index contributed by atoms with van der Waals surface area (Å²) in [5, 5.41) is 2.26. The molecule has 0 saturated carbocycles. The standard InChI is InChI=1S/C17H14ClF3N2O2/c1-10(24)23(12-3-5-14(19)13(18)9-12)7-6-17(25)22-11-2-4-15(20)16(21)8-11/h2-5,8-9H,6-7H2,1H3,(H,22,25). The van der Waals surface area contributed by atoms with Gasteiger partial charge in [-0.1, -0.05) is 11.6 Å². The first kappa shape index (κ1) is 18.8. The van der Waals surface area contributed by atoms with Crippen molar-refractivity contribution in [3.8, 4) is 0 Å². The highest BCUT2D eigenvalue weighted by Gasteiger charge is 2.15. The van der Waals surface area contributed by atoms with Crippen LogP contribution in [0, 0.1) is 17.5 Å². The number of hydrogen-bond acceptors (Lipinski definition) is 2. The Labute approximate surface area is 147 Å². The van der Waals surface area contributed by atoms with Crippen molar-refractivity contribution in [3.63, 3.8) is 0 Å². The number of benzene rings is 2. The van der Waals surface area contributed by atoms with Gasteiger partial charge in [0.25, 0.3) is 0 Å². The number of carbonyl (C=O) groups excluding carboxylic acids is 2. The number of amides is 2. The molecule has 2 aromatic rings. The molecule has 4 nitrogen and oxygen atoms in total. The van der Waals surface area contributed by atoms with Crippen LogP contribution >= 0.6 is 11.6 Å². The highest BCUT2D eigenvalue weighted by atomic mass is 35.5. The van der Waals surface area contributed by atoms with Crippen LogP contribution in [0.1, 0.15) is 13.3 Å². The first-order chi connectivity index (χ1) is 11.8. The lowest BCUT2D eigenvalue weighted by molar-refractivity contribution is -0.117. The zero-order valence-electron chi connectivity index (χ0n) is 13.2. The molecule has 1 N–H and O–H groups in total. The Hall–Kier alpha value is -2.54. The molecular formula is C17H14ClF3N2O2. The summed E-state index contributed by atoms with van der Waals surface area (Å²) in [5.41, 5.74) is 0.447. The fourth-order valence-corrected chi connectivity index (χ4v) is 2.31. The maximum absolute atomic E-state index is 13.2. The molecule has 0 spiro atoms. The Morgan fingerprint density at radius 3 is 2.32 bits per heavy atom. The summed E-state index contributed by atoms with van der Waals surface area (Å²) in [6.07, 6.45) is -0.104. The van der Waals surface area contributed by atoms with E-state index in [1.54, 1.807) is 0 Å². The molecule has 2 aromatic carbocycles. The summed E-state index contributed by atoms with van der Waals surface area (Å²) >= 11 is 5.70. The van der Waals surface area contributed by atoms with Gasteiger partial charge in [0, 0.05) is 37.3 Å². The number of anilines is 2. The quantitative estimate of drug-likeness (QED) is 0.860. The van der Waals surface area contributed by atoms with Crippen LogP contribution in [-0.4, -0.2) is 18.4 Å². The van der Waals surface area contributed by atoms with Gasteiger partial charge in [-0.3, -0.25) is 9.59 Å². The van der Waals surface area contributed by atoms with Gasteiger partial charge in [0.2, 0.25) is 11.8 Å². The van der Waals surface area contributed by atoms with Crippen molar-refractivity contribution in [2.24, 2.45) is 0 Å². The number of halogens is 4. The zero-order valence-corrected chi connectivity index (χ0v) is 13.9. The van der Waals surface area contributed by atoms with Crippen LogP contribution < -0.4 is 10.2 Å². The molecule has 132 valence electrons. The Morgan fingerprint density at radius 2 is 1.72 bits per heavy atom. The summed E-state index contributed by atoms with van der Waals surface area (Å²) in [6, 6.07) is 6.75. The van der Waals surface area contributed by atoms with E-state index in [-0.39, 0.29) is 29.6 Å². The van der Waals surface area contributed by atoms with Crippen molar-refractivity contribution in [2.45, 2.75) is 13.3 Å². The van der Waals surface area contributed by atoms with Gasteiger partial charge in [-0.05, 0) is 30.3 Å². The maximum Gasteiger partial charge on any atom is 0.226 e. The third-order valence-corrected chi connectivity index (χ3v) is 3.65. The number of carbonyl (C=O) groups is 2. The monoisotopic (exact) mass is 370 g/mol. The molecule has 0 aliphatic carbocycles. The van der Waals surface area contributed by atoms with Gasteiger partial charge in [-0.25, -0.2) is 13.2 Å². The molecule has 0 aliphatic heterocycles. The molecule has 0 atom stereocenters. The van der Waals surface area contributed by atoms with Crippen molar-refractivity contribution < 1.29 is 22.8 Å². The van der Waals surface area contributed by atoms with E-state index in [1.807, 2.05) is 0 Å². The van der Waals surface area contributed by atoms with Crippen LogP contribution in [0.4, 0.5) is 24.5 Å². The van der Waals surface area contributed by atoms with Crippen LogP contribution in [-0.2, 0) is 9.59 Å². The molecule has 0 aliphatic rings. The van der Waals surface area contributed by atoms with Crippen molar-refractivity contribution in [1.82, 2.24) is 0 Å². The molecular weight excluding hydrogens is 357 g/mol. The Bertz CT molecular complexity index is 814. The van der Waals surface area contributed by atoms with Crippen LogP contribution in [0.5, 0.6) is 0 Å². The van der Waals surface area contributed by atoms with Crippen molar-refractivity contribution in [3.05, 3.63) is 58.9 Å². The molecule has 0 bridgehead atoms. The molecule has 0 unspecified atom stereocenters. The molecule has 0 saturated heterocycles. The fourth-order valence-electron chi connectivity index (χ4n) is 2.13. The van der Waals surface area contributed by atoms with E-state index in [9.17, 15) is 22.8 Å². The third-order valence-electron chi connectivity index (χ3n) is 3.36. The lowest BCUT2D eigenvalue weighted by Gasteiger charge is -2.21. The van der Waals surface area contributed by atoms with E-state index in [0.717, 1.165) is 18.2 Å². The summed E-state index contributed by atoms with van der Waals surface area (Å²) in [6.45, 7) is 1.30. The Kier molecular flexibility index (Phi) is 6.03. The third kappa shape index (κ3) is 4.96. The predicted molar refractivity (Wildman–Crippen MR) is 89.0 cm³/mol. The normalized spacial score (nSPS) is 10.4. The first-order valence-electron chi connectivity index (χ1n) is 7.26. The summed E-state index contributed by atoms with van der Waals surface area (Å²) < 4.78 is 39.2. The number of nitrogens with one attached hydrogen (secondary N) is 1. The first-order valence-corrected chi connectivity index (χ1v) is 7.64. The lowest BCUT2D eigenvalue weighted by Crippen LogP contribution is -2.32. The molecule has 0 heterocycles. The van der Waals surface area contributed by atoms with Gasteiger partial charge in [0.05, 0.1) is 5.02 Å². The van der Waals surface area contributed by atoms with Gasteiger partial charge in [0.15, 0.2) is 11.6 Å². The molecule has 25 heavy (non-hydrogen) atoms. The van der Waals surface area contributed by atoms with Crippen LogP contribution in [0.3, 0.4) is 0 Å². The number of nitrogens with zero attached hydrogens (tertiary/aromatic N) is 1. The second-order valence-electron chi connectivity index (χ2n) is 5.20. The van der Waals surface area contributed by atoms with E-state index < -0.39 is 23.4 Å². The van der Waals surface area contributed by atoms with Crippen LogP contribution in [0.15, 0.2) is 36.4 Å². The van der Waals surface area contributed by atoms with Gasteiger partial charge >= 0.3 is 0 Å². The second kappa shape index (κ2) is 8.02. The summed E-state index contributed by atoms with van der Waals surface area (Å²) in [5.74, 6) is -3.57. The van der Waals surface area contributed by atoms with Crippen LogP contribution in [0.2, 0.25) is 5.02 Å². The van der Waals surface area contributed by atoms with Crippen molar-refractivity contribution in [1.29, 1.82) is 0 Å². The predicted octanol–water partition coefficient (Wildman–Crippen LogP) is 4.14. The molecule has 2 rings (SSSR count). The van der Waals surface area contributed by atoms with Crippen LogP contribution in [0.25, 0.3) is 0 Å². The van der Waals surface area contributed by atoms with Gasteiger partial charge in [-0.2, -0.15) is 0 Å². The molecule has 2 amide bonds. The van der Waals surface area contributed by atoms with E-state index in [2.05, 4.69) is 5.32 Å². The van der Waals surface area contributed by atoms with Crippen molar-refractivity contribution >= 4 is 34.8 Å². The smallest absolute Gasteiger partial charge is 0.226 e. The SMILES string of the molecule is CC(=O)N(CCC(=O)Nc1ccc(F)c(F)c1)c1ccc(F)c(Cl)c1. The topological polar surface area (TPSA) is 49.4 Å². The minimum absolute atomic E-state index is 0.00675. The van der Waals surface area contributed by atoms with E-state index in [4.69, 9.17) is 11.6 Å². The minimum Gasteiger partial charge on any atom is -0.326 e. The van der Waals surface area contributed by atoms with E-state index in [0.29, 0.717) is 5.69 Å². The van der Waals surface area contributed by atoms with E-state index in [1.165, 1.54) is 30.0 Å². The van der Waals surface area contributed by atoms with E-state index >= 15 is 0 Å². The lowest BCUT2D eigenvalue weighted by atomic mass is 10.2. The molecule has 0 aromatic heterocycles.